The second-order valence-corrected chi connectivity index (χ2v) is 6.32. The highest BCUT2D eigenvalue weighted by molar-refractivity contribution is 8.00. The number of thioether (sulfide) groups is 1. The number of nitrogens with two attached hydrogens (primary N) is 1. The van der Waals surface area contributed by atoms with Crippen LogP contribution >= 0.6 is 23.4 Å². The van der Waals surface area contributed by atoms with Crippen LogP contribution in [0.2, 0.25) is 5.02 Å². The molecule has 94 valence electrons. The van der Waals surface area contributed by atoms with Crippen molar-refractivity contribution in [2.24, 2.45) is 0 Å². The molecule has 2 nitrogen and oxygen atoms in total. The van der Waals surface area contributed by atoms with Crippen LogP contribution in [-0.4, -0.2) is 29.0 Å². The first kappa shape index (κ1) is 13.1. The first-order valence-corrected chi connectivity index (χ1v) is 7.49. The lowest BCUT2D eigenvalue weighted by Gasteiger charge is -2.32. The van der Waals surface area contributed by atoms with E-state index in [1.165, 1.54) is 12.2 Å². The van der Waals surface area contributed by atoms with E-state index in [1.807, 2.05) is 18.2 Å². The van der Waals surface area contributed by atoms with Crippen molar-refractivity contribution in [1.82, 2.24) is 4.90 Å². The molecule has 0 aliphatic carbocycles. The van der Waals surface area contributed by atoms with Gasteiger partial charge in [0.2, 0.25) is 0 Å². The largest absolute Gasteiger partial charge is 0.398 e. The van der Waals surface area contributed by atoms with Gasteiger partial charge < -0.3 is 5.73 Å². The minimum Gasteiger partial charge on any atom is -0.398 e. The van der Waals surface area contributed by atoms with Crippen molar-refractivity contribution < 1.29 is 0 Å². The van der Waals surface area contributed by atoms with E-state index in [1.54, 1.807) is 0 Å². The predicted octanol–water partition coefficient (Wildman–Crippen LogP) is 3.25. The Kier molecular flexibility index (Phi) is 4.60. The molecule has 4 heteroatoms. The lowest BCUT2D eigenvalue weighted by Crippen LogP contribution is -2.37. The van der Waals surface area contributed by atoms with Crippen molar-refractivity contribution >= 4 is 29.1 Å². The Morgan fingerprint density at radius 1 is 1.53 bits per heavy atom. The summed E-state index contributed by atoms with van der Waals surface area (Å²) >= 11 is 8.10. The Hall–Kier alpha value is -0.380. The quantitative estimate of drug-likeness (QED) is 0.855. The van der Waals surface area contributed by atoms with Gasteiger partial charge in [0, 0.05) is 41.3 Å². The van der Waals surface area contributed by atoms with Gasteiger partial charge in [0.1, 0.15) is 0 Å². The highest BCUT2D eigenvalue weighted by Crippen LogP contribution is 2.25. The average molecular weight is 271 g/mol. The summed E-state index contributed by atoms with van der Waals surface area (Å²) in [5, 5.41) is 1.54. The Morgan fingerprint density at radius 2 is 2.35 bits per heavy atom. The van der Waals surface area contributed by atoms with Gasteiger partial charge in [-0.15, -0.1) is 0 Å². The average Bonchev–Trinajstić information content (AvgIpc) is 2.34. The molecule has 1 aliphatic rings. The van der Waals surface area contributed by atoms with E-state index in [-0.39, 0.29) is 0 Å². The number of hydrogen-bond donors (Lipinski definition) is 1. The first-order valence-electron chi connectivity index (χ1n) is 6.07. The summed E-state index contributed by atoms with van der Waals surface area (Å²) in [6.07, 6.45) is 1.24. The normalized spacial score (nSPS) is 21.6. The highest BCUT2D eigenvalue weighted by Gasteiger charge is 2.19. The van der Waals surface area contributed by atoms with Crippen LogP contribution in [0.25, 0.3) is 0 Å². The number of rotatable bonds is 3. The summed E-state index contributed by atoms with van der Waals surface area (Å²) in [4.78, 5) is 2.48. The fraction of sp³-hybridized carbons (Fsp3) is 0.538. The zero-order valence-electron chi connectivity index (χ0n) is 10.2. The standard InChI is InChI=1S/C13H19ClN2S/c1-2-12-9-16(5-6-17-12)8-10-7-11(14)3-4-13(10)15/h3-4,7,12H,2,5-6,8-9,15H2,1H3. The predicted molar refractivity (Wildman–Crippen MR) is 77.7 cm³/mol. The minimum atomic E-state index is 0.768. The third kappa shape index (κ3) is 3.54. The number of halogens is 1. The van der Waals surface area contributed by atoms with Gasteiger partial charge >= 0.3 is 0 Å². The van der Waals surface area contributed by atoms with Gasteiger partial charge in [0.05, 0.1) is 0 Å². The van der Waals surface area contributed by atoms with Gasteiger partial charge in [-0.3, -0.25) is 4.90 Å². The molecule has 1 fully saturated rings. The summed E-state index contributed by atoms with van der Waals surface area (Å²) in [5.41, 5.74) is 7.98. The number of anilines is 1. The molecule has 2 N–H and O–H groups in total. The van der Waals surface area contributed by atoms with E-state index < -0.39 is 0 Å². The van der Waals surface area contributed by atoms with E-state index in [0.29, 0.717) is 0 Å². The molecule has 0 saturated carbocycles. The van der Waals surface area contributed by atoms with E-state index in [0.717, 1.165) is 41.2 Å². The molecule has 0 aromatic heterocycles. The SMILES string of the molecule is CCC1CN(Cc2cc(Cl)ccc2N)CCS1. The van der Waals surface area contributed by atoms with Crippen LogP contribution in [0.3, 0.4) is 0 Å². The molecule has 1 heterocycles. The Labute approximate surface area is 113 Å². The van der Waals surface area contributed by atoms with E-state index >= 15 is 0 Å². The lowest BCUT2D eigenvalue weighted by atomic mass is 10.1. The second-order valence-electron chi connectivity index (χ2n) is 4.48. The Morgan fingerprint density at radius 3 is 3.12 bits per heavy atom. The van der Waals surface area contributed by atoms with Crippen molar-refractivity contribution in [3.63, 3.8) is 0 Å². The summed E-state index contributed by atoms with van der Waals surface area (Å²) in [6.45, 7) is 5.48. The second kappa shape index (κ2) is 5.98. The van der Waals surface area contributed by atoms with Crippen LogP contribution in [0.4, 0.5) is 5.69 Å². The van der Waals surface area contributed by atoms with Crippen LogP contribution in [0, 0.1) is 0 Å². The summed E-state index contributed by atoms with van der Waals surface area (Å²) < 4.78 is 0. The molecular formula is C13H19ClN2S. The van der Waals surface area contributed by atoms with Crippen LogP contribution in [0.5, 0.6) is 0 Å². The van der Waals surface area contributed by atoms with Crippen LogP contribution in [0.15, 0.2) is 18.2 Å². The smallest absolute Gasteiger partial charge is 0.0410 e. The van der Waals surface area contributed by atoms with Crippen molar-refractivity contribution in [2.45, 2.75) is 25.1 Å². The monoisotopic (exact) mass is 270 g/mol. The topological polar surface area (TPSA) is 29.3 Å². The molecule has 0 amide bonds. The molecule has 1 atom stereocenters. The molecule has 0 bridgehead atoms. The van der Waals surface area contributed by atoms with Gasteiger partial charge in [-0.1, -0.05) is 18.5 Å². The molecular weight excluding hydrogens is 252 g/mol. The molecule has 1 saturated heterocycles. The zero-order chi connectivity index (χ0) is 12.3. The molecule has 2 rings (SSSR count). The van der Waals surface area contributed by atoms with Crippen molar-refractivity contribution in [3.05, 3.63) is 28.8 Å². The maximum Gasteiger partial charge on any atom is 0.0410 e. The van der Waals surface area contributed by atoms with Crippen LogP contribution in [-0.2, 0) is 6.54 Å². The maximum absolute atomic E-state index is 6.01. The maximum atomic E-state index is 6.01. The summed E-state index contributed by atoms with van der Waals surface area (Å²) in [7, 11) is 0. The van der Waals surface area contributed by atoms with Crippen molar-refractivity contribution in [1.29, 1.82) is 0 Å². The van der Waals surface area contributed by atoms with Crippen LogP contribution in [0.1, 0.15) is 18.9 Å². The van der Waals surface area contributed by atoms with E-state index in [9.17, 15) is 0 Å². The molecule has 1 aromatic carbocycles. The molecule has 1 unspecified atom stereocenters. The van der Waals surface area contributed by atoms with Crippen LogP contribution < -0.4 is 5.73 Å². The molecule has 0 spiro atoms. The zero-order valence-corrected chi connectivity index (χ0v) is 11.7. The van der Waals surface area contributed by atoms with E-state index in [2.05, 4.69) is 23.6 Å². The summed E-state index contributed by atoms with van der Waals surface area (Å²) in [5.74, 6) is 1.22. The molecule has 17 heavy (non-hydrogen) atoms. The fourth-order valence-corrected chi connectivity index (χ4v) is 3.57. The number of nitrogens with zero attached hydrogens (tertiary/aromatic N) is 1. The number of nitrogen functional groups attached to an aromatic ring is 1. The van der Waals surface area contributed by atoms with Gasteiger partial charge in [-0.05, 0) is 30.2 Å². The van der Waals surface area contributed by atoms with Gasteiger partial charge in [-0.2, -0.15) is 11.8 Å². The lowest BCUT2D eigenvalue weighted by molar-refractivity contribution is 0.273. The molecule has 0 radical (unpaired) electrons. The highest BCUT2D eigenvalue weighted by atomic mass is 35.5. The van der Waals surface area contributed by atoms with Gasteiger partial charge in [0.15, 0.2) is 0 Å². The Balaban J connectivity index is 2.02. The summed E-state index contributed by atoms with van der Waals surface area (Å²) in [6, 6.07) is 5.73. The van der Waals surface area contributed by atoms with Crippen molar-refractivity contribution in [2.75, 3.05) is 24.6 Å². The fourth-order valence-electron chi connectivity index (χ4n) is 2.12. The Bertz CT molecular complexity index is 384. The van der Waals surface area contributed by atoms with E-state index in [4.69, 9.17) is 17.3 Å². The third-order valence-electron chi connectivity index (χ3n) is 3.18. The van der Waals surface area contributed by atoms with Gasteiger partial charge in [0.25, 0.3) is 0 Å². The van der Waals surface area contributed by atoms with Crippen molar-refractivity contribution in [3.8, 4) is 0 Å². The number of benzene rings is 1. The number of hydrogen-bond acceptors (Lipinski definition) is 3. The molecule has 1 aliphatic heterocycles. The third-order valence-corrected chi connectivity index (χ3v) is 4.78. The molecule has 1 aromatic rings. The first-order chi connectivity index (χ1) is 8.19. The van der Waals surface area contributed by atoms with Gasteiger partial charge in [-0.25, -0.2) is 0 Å². The minimum absolute atomic E-state index is 0.768.